The summed E-state index contributed by atoms with van der Waals surface area (Å²) in [4.78, 5) is 21.6. The Morgan fingerprint density at radius 3 is 2.34 bits per heavy atom. The number of hydrogen-bond donors (Lipinski definition) is 0. The van der Waals surface area contributed by atoms with E-state index >= 15 is 0 Å². The molecule has 1 aliphatic carbocycles. The molecule has 0 atom stereocenters. The van der Waals surface area contributed by atoms with Crippen LogP contribution in [-0.4, -0.2) is 97.7 Å². The van der Waals surface area contributed by atoms with Gasteiger partial charge in [-0.2, -0.15) is 13.2 Å². The summed E-state index contributed by atoms with van der Waals surface area (Å²) in [5.41, 5.74) is 1.32. The average molecular weight is 537 g/mol. The van der Waals surface area contributed by atoms with Gasteiger partial charge < -0.3 is 19.4 Å². The van der Waals surface area contributed by atoms with Crippen molar-refractivity contribution in [1.29, 1.82) is 0 Å². The summed E-state index contributed by atoms with van der Waals surface area (Å²) in [6.45, 7) is 12.3. The number of hydrogen-bond acceptors (Lipinski definition) is 5. The van der Waals surface area contributed by atoms with Crippen molar-refractivity contribution in [1.82, 2.24) is 19.6 Å². The Morgan fingerprint density at radius 2 is 1.74 bits per heavy atom. The third kappa shape index (κ3) is 8.68. The molecular formula is C29H43F3N4O2. The van der Waals surface area contributed by atoms with Crippen LogP contribution in [0.5, 0.6) is 0 Å². The normalized spacial score (nSPS) is 20.6. The number of piperazine rings is 1. The maximum atomic E-state index is 13.3. The first-order valence-electron chi connectivity index (χ1n) is 13.8. The molecule has 0 spiro atoms. The molecular weight excluding hydrogens is 493 g/mol. The summed E-state index contributed by atoms with van der Waals surface area (Å²) in [5, 5.41) is 0. The standard InChI is InChI=1S/C29H43F3N4O2/c1-4-8-26(23-24(5-2)29(30,31)32)34-15-7-16-36(22-21-34)28(37)9-6-14-33-17-19-35(20-18-33)25-10-12-27(38-3)13-11-25/h4,8,10,12,23H,1,5-7,9,11,13-22H2,2-3H3/b24-23+,26-8+. The van der Waals surface area contributed by atoms with Crippen LogP contribution in [0.1, 0.15) is 45.4 Å². The second kappa shape index (κ2) is 14.5. The van der Waals surface area contributed by atoms with Gasteiger partial charge in [-0.3, -0.25) is 9.69 Å². The molecule has 2 fully saturated rings. The molecule has 2 saturated heterocycles. The fourth-order valence-electron chi connectivity index (χ4n) is 5.26. The van der Waals surface area contributed by atoms with Crippen molar-refractivity contribution in [3.8, 4) is 0 Å². The van der Waals surface area contributed by atoms with Gasteiger partial charge in [-0.1, -0.05) is 19.6 Å². The summed E-state index contributed by atoms with van der Waals surface area (Å²) in [6.07, 6.45) is 8.17. The van der Waals surface area contributed by atoms with Crippen LogP contribution < -0.4 is 0 Å². The van der Waals surface area contributed by atoms with Crippen molar-refractivity contribution in [2.45, 2.75) is 51.6 Å². The Bertz CT molecular complexity index is 931. The van der Waals surface area contributed by atoms with Crippen LogP contribution >= 0.6 is 0 Å². The van der Waals surface area contributed by atoms with Crippen molar-refractivity contribution in [2.75, 3.05) is 66.0 Å². The van der Waals surface area contributed by atoms with Crippen LogP contribution in [0.4, 0.5) is 13.2 Å². The second-order valence-electron chi connectivity index (χ2n) is 10.00. The highest BCUT2D eigenvalue weighted by molar-refractivity contribution is 5.76. The number of allylic oxidation sites excluding steroid dienone is 8. The zero-order chi connectivity index (χ0) is 27.5. The summed E-state index contributed by atoms with van der Waals surface area (Å²) < 4.78 is 45.3. The monoisotopic (exact) mass is 536 g/mol. The Hall–Kier alpha value is -2.68. The first-order chi connectivity index (χ1) is 18.2. The third-order valence-corrected chi connectivity index (χ3v) is 7.56. The quantitative estimate of drug-likeness (QED) is 0.364. The van der Waals surface area contributed by atoms with E-state index in [2.05, 4.69) is 28.5 Å². The molecule has 0 bridgehead atoms. The lowest BCUT2D eigenvalue weighted by Crippen LogP contribution is -2.46. The van der Waals surface area contributed by atoms with Gasteiger partial charge in [0.15, 0.2) is 0 Å². The minimum absolute atomic E-state index is 0.0874. The summed E-state index contributed by atoms with van der Waals surface area (Å²) in [5.74, 6) is 1.17. The van der Waals surface area contributed by atoms with Gasteiger partial charge in [0.2, 0.25) is 5.91 Å². The van der Waals surface area contributed by atoms with Crippen LogP contribution in [0.25, 0.3) is 0 Å². The highest BCUT2D eigenvalue weighted by atomic mass is 19.4. The molecule has 0 aromatic carbocycles. The van der Waals surface area contributed by atoms with Gasteiger partial charge in [-0.05, 0) is 56.5 Å². The Balaban J connectivity index is 1.42. The Kier molecular flexibility index (Phi) is 11.4. The maximum absolute atomic E-state index is 13.3. The van der Waals surface area contributed by atoms with Crippen molar-refractivity contribution >= 4 is 5.91 Å². The number of alkyl halides is 3. The van der Waals surface area contributed by atoms with E-state index in [9.17, 15) is 18.0 Å². The van der Waals surface area contributed by atoms with Crippen molar-refractivity contribution in [3.05, 3.63) is 59.7 Å². The zero-order valence-corrected chi connectivity index (χ0v) is 22.9. The predicted octanol–water partition coefficient (Wildman–Crippen LogP) is 5.10. The van der Waals surface area contributed by atoms with Gasteiger partial charge in [-0.15, -0.1) is 0 Å². The molecule has 2 heterocycles. The zero-order valence-electron chi connectivity index (χ0n) is 22.9. The lowest BCUT2D eigenvalue weighted by atomic mass is 10.1. The van der Waals surface area contributed by atoms with Crippen LogP contribution in [0.2, 0.25) is 0 Å². The topological polar surface area (TPSA) is 39.3 Å². The summed E-state index contributed by atoms with van der Waals surface area (Å²) in [7, 11) is 1.72. The van der Waals surface area contributed by atoms with Crippen molar-refractivity contribution in [2.24, 2.45) is 0 Å². The van der Waals surface area contributed by atoms with E-state index in [1.165, 1.54) is 24.8 Å². The molecule has 9 heteroatoms. The van der Waals surface area contributed by atoms with Gasteiger partial charge >= 0.3 is 6.18 Å². The fraction of sp³-hybridized carbons (Fsp3) is 0.621. The molecule has 3 aliphatic rings. The largest absolute Gasteiger partial charge is 0.501 e. The molecule has 0 N–H and O–H groups in total. The fourth-order valence-corrected chi connectivity index (χ4v) is 5.26. The number of amides is 1. The molecule has 3 rings (SSSR count). The molecule has 6 nitrogen and oxygen atoms in total. The molecule has 0 aromatic rings. The second-order valence-corrected chi connectivity index (χ2v) is 10.00. The number of methoxy groups -OCH3 is 1. The molecule has 0 aromatic heterocycles. The lowest BCUT2D eigenvalue weighted by Gasteiger charge is -2.38. The number of rotatable bonds is 10. The predicted molar refractivity (Wildman–Crippen MR) is 145 cm³/mol. The van der Waals surface area contributed by atoms with Crippen LogP contribution in [0, 0.1) is 0 Å². The van der Waals surface area contributed by atoms with E-state index in [0.717, 1.165) is 64.2 Å². The highest BCUT2D eigenvalue weighted by Crippen LogP contribution is 2.30. The first-order valence-corrected chi connectivity index (χ1v) is 13.8. The lowest BCUT2D eigenvalue weighted by molar-refractivity contribution is -0.131. The van der Waals surface area contributed by atoms with E-state index in [1.54, 1.807) is 13.2 Å². The van der Waals surface area contributed by atoms with Gasteiger partial charge in [0.05, 0.1) is 12.9 Å². The molecule has 0 radical (unpaired) electrons. The van der Waals surface area contributed by atoms with Crippen LogP contribution in [0.15, 0.2) is 59.7 Å². The van der Waals surface area contributed by atoms with E-state index in [-0.39, 0.29) is 12.3 Å². The van der Waals surface area contributed by atoms with Crippen LogP contribution in [0.3, 0.4) is 0 Å². The van der Waals surface area contributed by atoms with Gasteiger partial charge in [0.25, 0.3) is 0 Å². The van der Waals surface area contributed by atoms with E-state index < -0.39 is 11.7 Å². The molecule has 2 aliphatic heterocycles. The maximum Gasteiger partial charge on any atom is 0.412 e. The minimum Gasteiger partial charge on any atom is -0.501 e. The number of carbonyl (C=O) groups excluding carboxylic acids is 1. The number of halogens is 3. The Morgan fingerprint density at radius 1 is 1.03 bits per heavy atom. The van der Waals surface area contributed by atoms with Gasteiger partial charge in [-0.25, -0.2) is 0 Å². The third-order valence-electron chi connectivity index (χ3n) is 7.56. The minimum atomic E-state index is -4.35. The summed E-state index contributed by atoms with van der Waals surface area (Å²) >= 11 is 0. The molecule has 0 unspecified atom stereocenters. The highest BCUT2D eigenvalue weighted by Gasteiger charge is 2.32. The average Bonchev–Trinajstić information content (AvgIpc) is 3.17. The SMILES string of the molecule is C=C/C=C(\C=C(/CC)C(F)(F)F)N1CCCN(C(=O)CCCN2CCN(C3=CC=C(OC)CC3)CC2)CC1. The molecule has 0 saturated carbocycles. The van der Waals surface area contributed by atoms with Crippen molar-refractivity contribution in [3.63, 3.8) is 0 Å². The van der Waals surface area contributed by atoms with E-state index in [0.29, 0.717) is 38.3 Å². The molecule has 38 heavy (non-hydrogen) atoms. The van der Waals surface area contributed by atoms with Gasteiger partial charge in [0.1, 0.15) is 0 Å². The van der Waals surface area contributed by atoms with E-state index in [1.807, 2.05) is 9.80 Å². The number of ether oxygens (including phenoxy) is 1. The van der Waals surface area contributed by atoms with Crippen LogP contribution in [-0.2, 0) is 9.53 Å². The molecule has 1 amide bonds. The Labute approximate surface area is 225 Å². The smallest absolute Gasteiger partial charge is 0.412 e. The summed E-state index contributed by atoms with van der Waals surface area (Å²) in [6, 6.07) is 0. The van der Waals surface area contributed by atoms with Crippen molar-refractivity contribution < 1.29 is 22.7 Å². The number of nitrogens with zero attached hydrogens (tertiary/aromatic N) is 4. The first kappa shape index (κ1) is 29.9. The van der Waals surface area contributed by atoms with Gasteiger partial charge in [0, 0.05) is 82.2 Å². The van der Waals surface area contributed by atoms with E-state index in [4.69, 9.17) is 4.74 Å². The molecule has 212 valence electrons. The number of carbonyl (C=O) groups is 1.